The van der Waals surface area contributed by atoms with Crippen molar-refractivity contribution in [3.8, 4) is 0 Å². The zero-order valence-corrected chi connectivity index (χ0v) is 15.7. The lowest BCUT2D eigenvalue weighted by Gasteiger charge is -2.32. The second-order valence-corrected chi connectivity index (χ2v) is 7.30. The minimum Gasteiger partial charge on any atom is -0.357 e. The van der Waals surface area contributed by atoms with Crippen molar-refractivity contribution in [1.82, 2.24) is 4.98 Å². The molecule has 3 rings (SSSR count). The van der Waals surface area contributed by atoms with Crippen LogP contribution in [-0.2, 0) is 4.79 Å². The van der Waals surface area contributed by atoms with Crippen LogP contribution >= 0.6 is 11.6 Å². The standard InChI is InChI=1S/C20H24ClN3O/c1-13-10-14(2)19(15(3)11-13)23-20(25)16-6-8-24(9-7-16)18-5-4-17(21)12-22-18/h4-5,10-12,16H,6-9H2,1-3H3,(H,23,25). The zero-order chi connectivity index (χ0) is 18.0. The van der Waals surface area contributed by atoms with Crippen LogP contribution < -0.4 is 10.2 Å². The Hall–Kier alpha value is -2.07. The highest BCUT2D eigenvalue weighted by atomic mass is 35.5. The first-order valence-corrected chi connectivity index (χ1v) is 9.07. The maximum Gasteiger partial charge on any atom is 0.227 e. The topological polar surface area (TPSA) is 45.2 Å². The highest BCUT2D eigenvalue weighted by Crippen LogP contribution is 2.26. The number of amides is 1. The van der Waals surface area contributed by atoms with Crippen molar-refractivity contribution < 1.29 is 4.79 Å². The number of carbonyl (C=O) groups is 1. The average Bonchev–Trinajstić information content (AvgIpc) is 2.59. The number of halogens is 1. The number of anilines is 2. The molecule has 0 bridgehead atoms. The first kappa shape index (κ1) is 17.7. The SMILES string of the molecule is Cc1cc(C)c(NC(=O)C2CCN(c3ccc(Cl)cn3)CC2)c(C)c1. The molecule has 1 aromatic heterocycles. The highest BCUT2D eigenvalue weighted by Gasteiger charge is 2.26. The van der Waals surface area contributed by atoms with E-state index in [1.165, 1.54) is 5.56 Å². The van der Waals surface area contributed by atoms with Crippen LogP contribution in [0.2, 0.25) is 5.02 Å². The van der Waals surface area contributed by atoms with Gasteiger partial charge in [0.2, 0.25) is 5.91 Å². The Morgan fingerprint density at radius 2 is 1.80 bits per heavy atom. The summed E-state index contributed by atoms with van der Waals surface area (Å²) in [7, 11) is 0. The Balaban J connectivity index is 1.61. The second kappa shape index (κ2) is 7.44. The van der Waals surface area contributed by atoms with Gasteiger partial charge in [0.05, 0.1) is 5.02 Å². The Morgan fingerprint density at radius 1 is 1.16 bits per heavy atom. The largest absolute Gasteiger partial charge is 0.357 e. The van der Waals surface area contributed by atoms with Crippen LogP contribution in [0.1, 0.15) is 29.5 Å². The van der Waals surface area contributed by atoms with E-state index < -0.39 is 0 Å². The van der Waals surface area contributed by atoms with Crippen LogP contribution in [0.25, 0.3) is 0 Å². The molecule has 0 aliphatic carbocycles. The normalized spacial score (nSPS) is 15.3. The molecular weight excluding hydrogens is 334 g/mol. The Kier molecular flexibility index (Phi) is 5.28. The van der Waals surface area contributed by atoms with Crippen molar-refractivity contribution in [1.29, 1.82) is 0 Å². The van der Waals surface area contributed by atoms with E-state index in [4.69, 9.17) is 11.6 Å². The Bertz CT molecular complexity index is 742. The molecule has 1 N–H and O–H groups in total. The lowest BCUT2D eigenvalue weighted by Crippen LogP contribution is -2.38. The molecule has 1 amide bonds. The number of hydrogen-bond acceptors (Lipinski definition) is 3. The summed E-state index contributed by atoms with van der Waals surface area (Å²) in [4.78, 5) is 19.3. The summed E-state index contributed by atoms with van der Waals surface area (Å²) in [6.07, 6.45) is 3.33. The maximum atomic E-state index is 12.7. The van der Waals surface area contributed by atoms with Crippen molar-refractivity contribution in [2.24, 2.45) is 5.92 Å². The van der Waals surface area contributed by atoms with Gasteiger partial charge in [-0.3, -0.25) is 4.79 Å². The van der Waals surface area contributed by atoms with Gasteiger partial charge in [-0.05, 0) is 56.9 Å². The van der Waals surface area contributed by atoms with Crippen LogP contribution in [0.15, 0.2) is 30.5 Å². The van der Waals surface area contributed by atoms with Crippen LogP contribution in [0, 0.1) is 26.7 Å². The molecule has 132 valence electrons. The van der Waals surface area contributed by atoms with Crippen LogP contribution in [0.4, 0.5) is 11.5 Å². The van der Waals surface area contributed by atoms with E-state index in [9.17, 15) is 4.79 Å². The van der Waals surface area contributed by atoms with Gasteiger partial charge in [-0.2, -0.15) is 0 Å². The van der Waals surface area contributed by atoms with Gasteiger partial charge in [0.1, 0.15) is 5.82 Å². The summed E-state index contributed by atoms with van der Waals surface area (Å²) in [6, 6.07) is 8.00. The molecule has 0 spiro atoms. The number of aryl methyl sites for hydroxylation is 3. The maximum absolute atomic E-state index is 12.7. The fourth-order valence-corrected chi connectivity index (χ4v) is 3.64. The number of aromatic nitrogens is 1. The monoisotopic (exact) mass is 357 g/mol. The van der Waals surface area contributed by atoms with E-state index in [-0.39, 0.29) is 11.8 Å². The minimum atomic E-state index is 0.0450. The van der Waals surface area contributed by atoms with Gasteiger partial charge < -0.3 is 10.2 Å². The van der Waals surface area contributed by atoms with E-state index in [2.05, 4.69) is 34.3 Å². The number of carbonyl (C=O) groups excluding carboxylic acids is 1. The van der Waals surface area contributed by atoms with E-state index in [0.717, 1.165) is 48.6 Å². The summed E-state index contributed by atoms with van der Waals surface area (Å²) in [6.45, 7) is 7.83. The van der Waals surface area contributed by atoms with E-state index in [1.807, 2.05) is 26.0 Å². The van der Waals surface area contributed by atoms with Crippen molar-refractivity contribution in [3.63, 3.8) is 0 Å². The lowest BCUT2D eigenvalue weighted by molar-refractivity contribution is -0.120. The molecule has 0 unspecified atom stereocenters. The van der Waals surface area contributed by atoms with E-state index >= 15 is 0 Å². The van der Waals surface area contributed by atoms with Crippen molar-refractivity contribution >= 4 is 29.0 Å². The summed E-state index contributed by atoms with van der Waals surface area (Å²) < 4.78 is 0. The highest BCUT2D eigenvalue weighted by molar-refractivity contribution is 6.30. The third-order valence-corrected chi connectivity index (χ3v) is 5.05. The van der Waals surface area contributed by atoms with Gasteiger partial charge in [0.25, 0.3) is 0 Å². The van der Waals surface area contributed by atoms with Crippen LogP contribution in [0.5, 0.6) is 0 Å². The molecule has 1 saturated heterocycles. The van der Waals surface area contributed by atoms with Crippen LogP contribution in [0.3, 0.4) is 0 Å². The molecule has 2 aromatic rings. The average molecular weight is 358 g/mol. The molecule has 1 fully saturated rings. The molecule has 4 nitrogen and oxygen atoms in total. The Labute approximate surface area is 154 Å². The number of benzene rings is 1. The molecule has 2 heterocycles. The molecular formula is C20H24ClN3O. The lowest BCUT2D eigenvalue weighted by atomic mass is 9.95. The fraction of sp³-hybridized carbons (Fsp3) is 0.400. The zero-order valence-electron chi connectivity index (χ0n) is 15.0. The summed E-state index contributed by atoms with van der Waals surface area (Å²) >= 11 is 5.89. The molecule has 1 aromatic carbocycles. The summed E-state index contributed by atoms with van der Waals surface area (Å²) in [5.74, 6) is 1.09. The summed E-state index contributed by atoms with van der Waals surface area (Å²) in [5, 5.41) is 3.79. The number of hydrogen-bond donors (Lipinski definition) is 1. The smallest absolute Gasteiger partial charge is 0.227 e. The van der Waals surface area contributed by atoms with Gasteiger partial charge in [-0.15, -0.1) is 0 Å². The minimum absolute atomic E-state index is 0.0450. The van der Waals surface area contributed by atoms with Gasteiger partial charge >= 0.3 is 0 Å². The molecule has 25 heavy (non-hydrogen) atoms. The first-order chi connectivity index (χ1) is 11.9. The molecule has 0 radical (unpaired) electrons. The van der Waals surface area contributed by atoms with Gasteiger partial charge in [0, 0.05) is 30.9 Å². The fourth-order valence-electron chi connectivity index (χ4n) is 3.53. The van der Waals surface area contributed by atoms with E-state index in [0.29, 0.717) is 5.02 Å². The van der Waals surface area contributed by atoms with Crippen molar-refractivity contribution in [3.05, 3.63) is 52.2 Å². The van der Waals surface area contributed by atoms with Gasteiger partial charge in [-0.25, -0.2) is 4.98 Å². The molecule has 0 saturated carbocycles. The number of rotatable bonds is 3. The molecule has 1 aliphatic heterocycles. The third kappa shape index (κ3) is 4.13. The second-order valence-electron chi connectivity index (χ2n) is 6.86. The first-order valence-electron chi connectivity index (χ1n) is 8.69. The summed E-state index contributed by atoms with van der Waals surface area (Å²) in [5.41, 5.74) is 4.41. The van der Waals surface area contributed by atoms with Crippen molar-refractivity contribution in [2.75, 3.05) is 23.3 Å². The molecule has 0 atom stereocenters. The number of piperidine rings is 1. The van der Waals surface area contributed by atoms with Gasteiger partial charge in [0.15, 0.2) is 0 Å². The number of nitrogens with zero attached hydrogens (tertiary/aromatic N) is 2. The molecule has 1 aliphatic rings. The quantitative estimate of drug-likeness (QED) is 0.878. The molecule has 5 heteroatoms. The number of nitrogens with one attached hydrogen (secondary N) is 1. The number of pyridine rings is 1. The predicted molar refractivity (Wildman–Crippen MR) is 103 cm³/mol. The predicted octanol–water partition coefficient (Wildman–Crippen LogP) is 4.52. The van der Waals surface area contributed by atoms with Crippen molar-refractivity contribution in [2.45, 2.75) is 33.6 Å². The van der Waals surface area contributed by atoms with E-state index in [1.54, 1.807) is 6.20 Å². The Morgan fingerprint density at radius 3 is 2.36 bits per heavy atom. The third-order valence-electron chi connectivity index (χ3n) is 4.83. The van der Waals surface area contributed by atoms with Crippen LogP contribution in [-0.4, -0.2) is 24.0 Å². The van der Waals surface area contributed by atoms with Gasteiger partial charge in [-0.1, -0.05) is 29.3 Å².